The number of guanidine groups is 1. The highest BCUT2D eigenvalue weighted by Gasteiger charge is 2.34. The minimum absolute atomic E-state index is 0. The van der Waals surface area contributed by atoms with Crippen LogP contribution in [0.4, 0.5) is 0 Å². The van der Waals surface area contributed by atoms with E-state index in [-0.39, 0.29) is 29.5 Å². The first-order valence-electron chi connectivity index (χ1n) is 9.91. The maximum atomic E-state index is 5.56. The van der Waals surface area contributed by atoms with Crippen molar-refractivity contribution in [2.75, 3.05) is 54.1 Å². The van der Waals surface area contributed by atoms with Gasteiger partial charge in [0.1, 0.15) is 5.75 Å². The molecule has 1 aromatic carbocycles. The van der Waals surface area contributed by atoms with Gasteiger partial charge in [-0.3, -0.25) is 4.99 Å². The summed E-state index contributed by atoms with van der Waals surface area (Å²) in [6.07, 6.45) is 2.93. The lowest BCUT2D eigenvalue weighted by Gasteiger charge is -2.41. The molecule has 1 saturated heterocycles. The fourth-order valence-electron chi connectivity index (χ4n) is 3.48. The SMILES string of the molecule is CCNC(=NCC1(N(C)C)CCOCC1)NCCc1cc(C)ccc1OC.I. The summed E-state index contributed by atoms with van der Waals surface area (Å²) in [5, 5.41) is 6.83. The van der Waals surface area contributed by atoms with Crippen LogP contribution in [-0.4, -0.2) is 70.5 Å². The molecule has 7 heteroatoms. The van der Waals surface area contributed by atoms with Gasteiger partial charge in [0, 0.05) is 31.8 Å². The number of nitrogens with one attached hydrogen (secondary N) is 2. The lowest BCUT2D eigenvalue weighted by molar-refractivity contribution is -0.00254. The van der Waals surface area contributed by atoms with E-state index in [4.69, 9.17) is 14.5 Å². The van der Waals surface area contributed by atoms with E-state index >= 15 is 0 Å². The molecule has 0 aliphatic carbocycles. The topological polar surface area (TPSA) is 58.1 Å². The van der Waals surface area contributed by atoms with Crippen LogP contribution in [0.2, 0.25) is 0 Å². The molecule has 0 atom stereocenters. The molecule has 1 aliphatic rings. The van der Waals surface area contributed by atoms with Crippen LogP contribution in [0.5, 0.6) is 5.75 Å². The van der Waals surface area contributed by atoms with Crippen molar-refractivity contribution in [3.8, 4) is 5.75 Å². The minimum Gasteiger partial charge on any atom is -0.496 e. The molecule has 0 amide bonds. The third-order valence-electron chi connectivity index (χ3n) is 5.37. The lowest BCUT2D eigenvalue weighted by Crippen LogP contribution is -2.51. The van der Waals surface area contributed by atoms with Crippen LogP contribution in [0.1, 0.15) is 30.9 Å². The Morgan fingerprint density at radius 2 is 1.96 bits per heavy atom. The van der Waals surface area contributed by atoms with Crippen LogP contribution < -0.4 is 15.4 Å². The zero-order valence-electron chi connectivity index (χ0n) is 18.0. The van der Waals surface area contributed by atoms with Gasteiger partial charge in [-0.15, -0.1) is 24.0 Å². The minimum atomic E-state index is 0. The molecule has 0 saturated carbocycles. The molecule has 2 rings (SSSR count). The highest BCUT2D eigenvalue weighted by Crippen LogP contribution is 2.26. The first-order chi connectivity index (χ1) is 13.0. The van der Waals surface area contributed by atoms with Crippen molar-refractivity contribution in [2.24, 2.45) is 4.99 Å². The number of benzene rings is 1. The van der Waals surface area contributed by atoms with Gasteiger partial charge in [-0.2, -0.15) is 0 Å². The van der Waals surface area contributed by atoms with Crippen LogP contribution >= 0.6 is 24.0 Å². The molecule has 160 valence electrons. The highest BCUT2D eigenvalue weighted by molar-refractivity contribution is 14.0. The van der Waals surface area contributed by atoms with Gasteiger partial charge in [-0.1, -0.05) is 17.7 Å². The Morgan fingerprint density at radius 1 is 1.25 bits per heavy atom. The number of aryl methyl sites for hydroxylation is 1. The molecule has 1 aliphatic heterocycles. The summed E-state index contributed by atoms with van der Waals surface area (Å²) in [5.74, 6) is 1.81. The Kier molecular flexibility index (Phi) is 11.1. The molecular weight excluding hydrogens is 467 g/mol. The standard InChI is InChI=1S/C21H36N4O2.HI/c1-6-22-20(24-16-21(25(3)4)10-13-27-14-11-21)23-12-9-18-15-17(2)7-8-19(18)26-5;/h7-8,15H,6,9-14,16H2,1-5H3,(H2,22,23,24);1H. The van der Waals surface area contributed by atoms with E-state index in [9.17, 15) is 0 Å². The fraction of sp³-hybridized carbons (Fsp3) is 0.667. The van der Waals surface area contributed by atoms with E-state index in [1.165, 1.54) is 11.1 Å². The monoisotopic (exact) mass is 504 g/mol. The zero-order valence-corrected chi connectivity index (χ0v) is 20.3. The predicted molar refractivity (Wildman–Crippen MR) is 127 cm³/mol. The second-order valence-electron chi connectivity index (χ2n) is 7.42. The zero-order chi connectivity index (χ0) is 19.7. The number of halogens is 1. The summed E-state index contributed by atoms with van der Waals surface area (Å²) in [5.41, 5.74) is 2.55. The van der Waals surface area contributed by atoms with Gasteiger partial charge in [0.05, 0.1) is 13.7 Å². The van der Waals surface area contributed by atoms with Gasteiger partial charge < -0.3 is 25.0 Å². The van der Waals surface area contributed by atoms with Gasteiger partial charge in [-0.05, 0) is 58.8 Å². The van der Waals surface area contributed by atoms with Crippen molar-refractivity contribution >= 4 is 29.9 Å². The third-order valence-corrected chi connectivity index (χ3v) is 5.37. The Bertz CT molecular complexity index is 616. The van der Waals surface area contributed by atoms with Crippen molar-refractivity contribution in [3.05, 3.63) is 29.3 Å². The maximum Gasteiger partial charge on any atom is 0.191 e. The predicted octanol–water partition coefficient (Wildman–Crippen LogP) is 2.83. The molecule has 0 bridgehead atoms. The Labute approximate surface area is 187 Å². The van der Waals surface area contributed by atoms with E-state index in [2.05, 4.69) is 55.6 Å². The third kappa shape index (κ3) is 7.08. The molecule has 0 unspecified atom stereocenters. The van der Waals surface area contributed by atoms with Gasteiger partial charge in [0.2, 0.25) is 0 Å². The highest BCUT2D eigenvalue weighted by atomic mass is 127. The second-order valence-corrected chi connectivity index (χ2v) is 7.42. The summed E-state index contributed by atoms with van der Waals surface area (Å²) < 4.78 is 11.0. The number of ether oxygens (including phenoxy) is 2. The van der Waals surface area contributed by atoms with Crippen LogP contribution in [-0.2, 0) is 11.2 Å². The molecular formula is C21H37IN4O2. The molecule has 0 aromatic heterocycles. The molecule has 1 aromatic rings. The van der Waals surface area contributed by atoms with Crippen molar-refractivity contribution < 1.29 is 9.47 Å². The van der Waals surface area contributed by atoms with Crippen LogP contribution in [0.25, 0.3) is 0 Å². The van der Waals surface area contributed by atoms with Crippen molar-refractivity contribution in [2.45, 2.75) is 38.6 Å². The largest absolute Gasteiger partial charge is 0.496 e. The number of hydrogen-bond acceptors (Lipinski definition) is 4. The van der Waals surface area contributed by atoms with E-state index in [0.29, 0.717) is 0 Å². The van der Waals surface area contributed by atoms with Gasteiger partial charge in [-0.25, -0.2) is 0 Å². The molecule has 28 heavy (non-hydrogen) atoms. The Balaban J connectivity index is 0.00000392. The van der Waals surface area contributed by atoms with E-state index < -0.39 is 0 Å². The van der Waals surface area contributed by atoms with Gasteiger partial charge in [0.15, 0.2) is 5.96 Å². The van der Waals surface area contributed by atoms with Gasteiger partial charge >= 0.3 is 0 Å². The number of aliphatic imine (C=N–C) groups is 1. The summed E-state index contributed by atoms with van der Waals surface area (Å²) >= 11 is 0. The van der Waals surface area contributed by atoms with Crippen LogP contribution in [0.15, 0.2) is 23.2 Å². The van der Waals surface area contributed by atoms with Crippen molar-refractivity contribution in [1.29, 1.82) is 0 Å². The maximum absolute atomic E-state index is 5.56. The molecule has 6 nitrogen and oxygen atoms in total. The van der Waals surface area contributed by atoms with Crippen molar-refractivity contribution in [1.82, 2.24) is 15.5 Å². The quantitative estimate of drug-likeness (QED) is 0.324. The molecule has 1 fully saturated rings. The summed E-state index contributed by atoms with van der Waals surface area (Å²) in [6, 6.07) is 6.31. The first-order valence-corrected chi connectivity index (χ1v) is 9.91. The normalized spacial score (nSPS) is 16.4. The second kappa shape index (κ2) is 12.5. The van der Waals surface area contributed by atoms with E-state index in [1.807, 2.05) is 6.07 Å². The first kappa shape index (κ1) is 25.0. The van der Waals surface area contributed by atoms with E-state index in [0.717, 1.165) is 63.8 Å². The molecule has 0 radical (unpaired) electrons. The summed E-state index contributed by atoms with van der Waals surface area (Å²) in [6.45, 7) is 8.25. The average Bonchev–Trinajstić information content (AvgIpc) is 2.67. The number of rotatable bonds is 8. The number of likely N-dealkylation sites (N-methyl/N-ethyl adjacent to an activating group) is 1. The number of nitrogens with zero attached hydrogens (tertiary/aromatic N) is 2. The number of hydrogen-bond donors (Lipinski definition) is 2. The Hall–Kier alpha value is -1.06. The van der Waals surface area contributed by atoms with E-state index in [1.54, 1.807) is 7.11 Å². The van der Waals surface area contributed by atoms with Crippen molar-refractivity contribution in [3.63, 3.8) is 0 Å². The number of methoxy groups -OCH3 is 1. The molecule has 2 N–H and O–H groups in total. The smallest absolute Gasteiger partial charge is 0.191 e. The fourth-order valence-corrected chi connectivity index (χ4v) is 3.48. The lowest BCUT2D eigenvalue weighted by atomic mass is 9.89. The van der Waals surface area contributed by atoms with Crippen LogP contribution in [0.3, 0.4) is 0 Å². The van der Waals surface area contributed by atoms with Crippen LogP contribution in [0, 0.1) is 6.92 Å². The molecule has 0 spiro atoms. The average molecular weight is 504 g/mol. The Morgan fingerprint density at radius 3 is 2.57 bits per heavy atom. The summed E-state index contributed by atoms with van der Waals surface area (Å²) in [4.78, 5) is 7.19. The summed E-state index contributed by atoms with van der Waals surface area (Å²) in [7, 11) is 6.01. The molecule has 1 heterocycles. The van der Waals surface area contributed by atoms with Gasteiger partial charge in [0.25, 0.3) is 0 Å².